The lowest BCUT2D eigenvalue weighted by molar-refractivity contribution is -0.117. The fourth-order valence-electron chi connectivity index (χ4n) is 2.09. The van der Waals surface area contributed by atoms with E-state index in [4.69, 9.17) is 0 Å². The molecule has 0 unspecified atom stereocenters. The molecule has 2 N–H and O–H groups in total. The summed E-state index contributed by atoms with van der Waals surface area (Å²) in [6, 6.07) is 13.5. The van der Waals surface area contributed by atoms with Crippen LogP contribution in [-0.4, -0.2) is 16.9 Å². The fraction of sp³-hybridized carbons (Fsp3) is 0. The second-order valence-electron chi connectivity index (χ2n) is 4.67. The first-order valence-electron chi connectivity index (χ1n) is 6.47. The summed E-state index contributed by atoms with van der Waals surface area (Å²) in [5, 5.41) is 10.9. The molecule has 5 nitrogen and oxygen atoms in total. The van der Waals surface area contributed by atoms with Crippen LogP contribution in [0.5, 0.6) is 5.75 Å². The van der Waals surface area contributed by atoms with Gasteiger partial charge in [0.05, 0.1) is 5.69 Å². The molecule has 0 aliphatic carbocycles. The Bertz CT molecular complexity index is 784. The van der Waals surface area contributed by atoms with Crippen molar-refractivity contribution in [2.24, 2.45) is 0 Å². The predicted molar refractivity (Wildman–Crippen MR) is 85.9 cm³/mol. The highest BCUT2D eigenvalue weighted by Gasteiger charge is 2.34. The molecule has 110 valence electrons. The number of para-hydroxylation sites is 1. The van der Waals surface area contributed by atoms with Crippen molar-refractivity contribution in [1.29, 1.82) is 0 Å². The maximum atomic E-state index is 12.4. The van der Waals surface area contributed by atoms with Gasteiger partial charge in [-0.1, -0.05) is 34.1 Å². The zero-order valence-corrected chi connectivity index (χ0v) is 12.9. The minimum Gasteiger partial charge on any atom is -0.507 e. The quantitative estimate of drug-likeness (QED) is 0.640. The van der Waals surface area contributed by atoms with E-state index in [-0.39, 0.29) is 11.3 Å². The van der Waals surface area contributed by atoms with Gasteiger partial charge in [0.2, 0.25) is 0 Å². The smallest absolute Gasteiger partial charge is 0.282 e. The number of hydrazine groups is 1. The fourth-order valence-corrected chi connectivity index (χ4v) is 2.36. The van der Waals surface area contributed by atoms with Crippen molar-refractivity contribution in [1.82, 2.24) is 5.43 Å². The zero-order valence-electron chi connectivity index (χ0n) is 11.3. The molecule has 3 rings (SSSR count). The van der Waals surface area contributed by atoms with Gasteiger partial charge in [0.15, 0.2) is 0 Å². The van der Waals surface area contributed by atoms with Crippen molar-refractivity contribution in [3.05, 3.63) is 64.1 Å². The van der Waals surface area contributed by atoms with E-state index in [9.17, 15) is 14.7 Å². The predicted octanol–water partition coefficient (Wildman–Crippen LogP) is 2.62. The minimum absolute atomic E-state index is 0.0118. The van der Waals surface area contributed by atoms with Gasteiger partial charge in [-0.15, -0.1) is 0 Å². The second kappa shape index (κ2) is 5.65. The van der Waals surface area contributed by atoms with Crippen LogP contribution in [0.15, 0.2) is 58.6 Å². The summed E-state index contributed by atoms with van der Waals surface area (Å²) < 4.78 is 0.874. The molecule has 1 aliphatic heterocycles. The average Bonchev–Trinajstić information content (AvgIpc) is 2.78. The molecule has 1 saturated heterocycles. The molecule has 1 heterocycles. The molecule has 0 spiro atoms. The number of phenolic OH excluding ortho intramolecular Hbond substituents is 1. The van der Waals surface area contributed by atoms with E-state index in [1.54, 1.807) is 42.5 Å². The molecule has 1 aliphatic rings. The van der Waals surface area contributed by atoms with Crippen molar-refractivity contribution in [2.75, 3.05) is 5.01 Å². The van der Waals surface area contributed by atoms with Crippen LogP contribution in [-0.2, 0) is 9.59 Å². The number of hydrogen-bond donors (Lipinski definition) is 2. The van der Waals surface area contributed by atoms with Crippen LogP contribution in [0, 0.1) is 0 Å². The Balaban J connectivity index is 1.95. The number of halogens is 1. The van der Waals surface area contributed by atoms with E-state index in [2.05, 4.69) is 21.4 Å². The summed E-state index contributed by atoms with van der Waals surface area (Å²) in [5.74, 6) is -0.954. The molecule has 0 bridgehead atoms. The van der Waals surface area contributed by atoms with Crippen molar-refractivity contribution in [3.8, 4) is 5.75 Å². The van der Waals surface area contributed by atoms with E-state index >= 15 is 0 Å². The number of nitrogens with one attached hydrogen (secondary N) is 1. The number of hydrogen-bond acceptors (Lipinski definition) is 3. The molecular weight excluding hydrogens is 348 g/mol. The first kappa shape index (κ1) is 14.3. The maximum absolute atomic E-state index is 12.4. The normalized spacial score (nSPS) is 16.2. The maximum Gasteiger partial charge on any atom is 0.282 e. The summed E-state index contributed by atoms with van der Waals surface area (Å²) in [5.41, 5.74) is 3.46. The van der Waals surface area contributed by atoms with Crippen LogP contribution in [0.2, 0.25) is 0 Å². The van der Waals surface area contributed by atoms with E-state index in [0.717, 1.165) is 4.47 Å². The van der Waals surface area contributed by atoms with Gasteiger partial charge in [-0.05, 0) is 36.4 Å². The van der Waals surface area contributed by atoms with Crippen molar-refractivity contribution < 1.29 is 14.7 Å². The van der Waals surface area contributed by atoms with Crippen LogP contribution in [0.3, 0.4) is 0 Å². The first-order valence-corrected chi connectivity index (χ1v) is 7.26. The van der Waals surface area contributed by atoms with Crippen LogP contribution in [0.4, 0.5) is 5.69 Å². The largest absolute Gasteiger partial charge is 0.507 e. The topological polar surface area (TPSA) is 69.6 Å². The third-order valence-electron chi connectivity index (χ3n) is 3.21. The standard InChI is InChI=1S/C16H11BrN2O3/c17-11-5-7-12(8-6-11)19-16(22)13(15(21)18-19)9-10-3-1-2-4-14(10)20/h1-9,20H,(H,18,21)/b13-9-. The minimum atomic E-state index is -0.504. The van der Waals surface area contributed by atoms with Crippen LogP contribution < -0.4 is 10.4 Å². The molecule has 2 aromatic rings. The third-order valence-corrected chi connectivity index (χ3v) is 3.74. The van der Waals surface area contributed by atoms with Gasteiger partial charge in [0, 0.05) is 10.0 Å². The number of rotatable bonds is 2. The SMILES string of the molecule is O=C1NN(c2ccc(Br)cc2)C(=O)/C1=C\c1ccccc1O. The molecule has 0 aromatic heterocycles. The lowest BCUT2D eigenvalue weighted by Crippen LogP contribution is -2.35. The highest BCUT2D eigenvalue weighted by molar-refractivity contribution is 9.10. The summed E-state index contributed by atoms with van der Waals surface area (Å²) in [6.45, 7) is 0. The second-order valence-corrected chi connectivity index (χ2v) is 5.59. The van der Waals surface area contributed by atoms with E-state index in [1.807, 2.05) is 0 Å². The van der Waals surface area contributed by atoms with Gasteiger partial charge in [-0.25, -0.2) is 5.01 Å². The van der Waals surface area contributed by atoms with Gasteiger partial charge in [-0.3, -0.25) is 15.0 Å². The summed E-state index contributed by atoms with van der Waals surface area (Å²) >= 11 is 3.32. The molecule has 22 heavy (non-hydrogen) atoms. The van der Waals surface area contributed by atoms with Crippen molar-refractivity contribution in [2.45, 2.75) is 0 Å². The Morgan fingerprint density at radius 3 is 2.41 bits per heavy atom. The number of aromatic hydroxyl groups is 1. The highest BCUT2D eigenvalue weighted by atomic mass is 79.9. The summed E-state index contributed by atoms with van der Waals surface area (Å²) in [4.78, 5) is 24.4. The Morgan fingerprint density at radius 1 is 1.05 bits per heavy atom. The number of carbonyl (C=O) groups is 2. The number of amides is 2. The van der Waals surface area contributed by atoms with Crippen molar-refractivity contribution >= 4 is 39.5 Å². The van der Waals surface area contributed by atoms with Gasteiger partial charge < -0.3 is 5.11 Å². The monoisotopic (exact) mass is 358 g/mol. The van der Waals surface area contributed by atoms with Crippen LogP contribution in [0.25, 0.3) is 6.08 Å². The van der Waals surface area contributed by atoms with Crippen LogP contribution >= 0.6 is 15.9 Å². The van der Waals surface area contributed by atoms with Gasteiger partial charge in [0.25, 0.3) is 11.8 Å². The van der Waals surface area contributed by atoms with E-state index in [1.165, 1.54) is 17.2 Å². The molecule has 2 amide bonds. The number of anilines is 1. The lowest BCUT2D eigenvalue weighted by Gasteiger charge is -2.14. The average molecular weight is 359 g/mol. The molecule has 1 fully saturated rings. The van der Waals surface area contributed by atoms with Gasteiger partial charge in [0.1, 0.15) is 11.3 Å². The molecule has 0 radical (unpaired) electrons. The number of nitrogens with zero attached hydrogens (tertiary/aromatic N) is 1. The van der Waals surface area contributed by atoms with Gasteiger partial charge >= 0.3 is 0 Å². The molecule has 0 atom stereocenters. The Kier molecular flexibility index (Phi) is 3.68. The number of phenols is 1. The third kappa shape index (κ3) is 2.60. The molecule has 0 saturated carbocycles. The molecule has 6 heteroatoms. The van der Waals surface area contributed by atoms with Crippen LogP contribution in [0.1, 0.15) is 5.56 Å². The summed E-state index contributed by atoms with van der Waals surface area (Å²) in [6.07, 6.45) is 1.38. The number of benzene rings is 2. The number of carbonyl (C=O) groups excluding carboxylic acids is 2. The van der Waals surface area contributed by atoms with E-state index in [0.29, 0.717) is 11.3 Å². The lowest BCUT2D eigenvalue weighted by atomic mass is 10.1. The Hall–Kier alpha value is -2.60. The van der Waals surface area contributed by atoms with E-state index < -0.39 is 11.8 Å². The summed E-state index contributed by atoms with van der Waals surface area (Å²) in [7, 11) is 0. The Labute approximate surface area is 135 Å². The van der Waals surface area contributed by atoms with Crippen molar-refractivity contribution in [3.63, 3.8) is 0 Å². The van der Waals surface area contributed by atoms with Gasteiger partial charge in [-0.2, -0.15) is 0 Å². The molecule has 2 aromatic carbocycles. The highest BCUT2D eigenvalue weighted by Crippen LogP contribution is 2.25. The zero-order chi connectivity index (χ0) is 15.7. The molecular formula is C16H11BrN2O3. The first-order chi connectivity index (χ1) is 10.6. The Morgan fingerprint density at radius 2 is 1.73 bits per heavy atom.